The third kappa shape index (κ3) is 13.2. The number of aromatic nitrogens is 2. The molecule has 0 N–H and O–H groups in total. The van der Waals surface area contributed by atoms with E-state index in [1.165, 1.54) is 132 Å². The third-order valence-corrected chi connectivity index (χ3v) is 13.0. The summed E-state index contributed by atoms with van der Waals surface area (Å²) in [5.74, 6) is 5.19. The molecular weight excluding hydrogens is 617 g/mol. The number of fused-ring (bicyclic) bond motifs is 1. The Labute approximate surface area is 301 Å². The molecular formula is C44H66N2O2Si. The lowest BCUT2D eigenvalue weighted by molar-refractivity contribution is 0.0395. The van der Waals surface area contributed by atoms with Crippen molar-refractivity contribution in [1.82, 2.24) is 9.97 Å². The van der Waals surface area contributed by atoms with Crippen molar-refractivity contribution in [2.45, 2.75) is 162 Å². The molecule has 3 unspecified atom stereocenters. The van der Waals surface area contributed by atoms with Gasteiger partial charge in [-0.25, -0.2) is 9.97 Å². The van der Waals surface area contributed by atoms with E-state index in [0.717, 1.165) is 59.0 Å². The summed E-state index contributed by atoms with van der Waals surface area (Å²) < 4.78 is 12.3. The van der Waals surface area contributed by atoms with Gasteiger partial charge in [0.2, 0.25) is 6.29 Å². The molecule has 0 amide bonds. The zero-order chi connectivity index (χ0) is 34.1. The molecule has 0 saturated heterocycles. The number of ether oxygens (including phenoxy) is 2. The van der Waals surface area contributed by atoms with Crippen molar-refractivity contribution in [3.8, 4) is 34.0 Å². The van der Waals surface area contributed by atoms with Crippen LogP contribution in [0.1, 0.15) is 149 Å². The third-order valence-electron chi connectivity index (χ3n) is 11.0. The molecule has 49 heavy (non-hydrogen) atoms. The predicted molar refractivity (Wildman–Crippen MR) is 211 cm³/mol. The van der Waals surface area contributed by atoms with Crippen LogP contribution in [0.3, 0.4) is 0 Å². The normalized spacial score (nSPS) is 16.8. The van der Waals surface area contributed by atoms with E-state index >= 15 is 0 Å². The first-order chi connectivity index (χ1) is 24.1. The van der Waals surface area contributed by atoms with Crippen molar-refractivity contribution >= 4 is 14.7 Å². The largest absolute Gasteiger partial charge is 0.451 e. The summed E-state index contributed by atoms with van der Waals surface area (Å²) in [6.45, 7) is 7.22. The average molecular weight is 683 g/mol. The van der Waals surface area contributed by atoms with Gasteiger partial charge in [0, 0.05) is 29.9 Å². The summed E-state index contributed by atoms with van der Waals surface area (Å²) in [6, 6.07) is 16.4. The molecule has 3 atom stereocenters. The van der Waals surface area contributed by atoms with Crippen LogP contribution in [-0.2, 0) is 0 Å². The van der Waals surface area contributed by atoms with E-state index in [-0.39, 0.29) is 15.8 Å². The molecule has 3 aromatic rings. The maximum absolute atomic E-state index is 6.20. The Kier molecular flexibility index (Phi) is 16.0. The van der Waals surface area contributed by atoms with E-state index in [0.29, 0.717) is 0 Å². The fourth-order valence-electron chi connectivity index (χ4n) is 7.59. The highest BCUT2D eigenvalue weighted by Crippen LogP contribution is 2.39. The highest BCUT2D eigenvalue weighted by atomic mass is 28.2. The van der Waals surface area contributed by atoms with Crippen molar-refractivity contribution in [1.29, 1.82) is 0 Å². The summed E-state index contributed by atoms with van der Waals surface area (Å²) in [7, 11) is -0.353. The van der Waals surface area contributed by atoms with Crippen LogP contribution in [0.15, 0.2) is 54.9 Å². The number of benzene rings is 2. The van der Waals surface area contributed by atoms with Gasteiger partial charge < -0.3 is 9.47 Å². The van der Waals surface area contributed by atoms with Gasteiger partial charge in [-0.15, -0.1) is 0 Å². The van der Waals surface area contributed by atoms with Crippen LogP contribution in [0, 0.1) is 17.8 Å². The van der Waals surface area contributed by atoms with Crippen molar-refractivity contribution in [2.24, 2.45) is 17.8 Å². The van der Waals surface area contributed by atoms with E-state index in [1.54, 1.807) is 0 Å². The minimum absolute atomic E-state index is 0.176. The van der Waals surface area contributed by atoms with Crippen LogP contribution < -0.4 is 14.7 Å². The topological polar surface area (TPSA) is 44.2 Å². The smallest absolute Gasteiger partial charge is 0.241 e. The van der Waals surface area contributed by atoms with Crippen molar-refractivity contribution in [3.63, 3.8) is 0 Å². The first-order valence-corrected chi connectivity index (χ1v) is 22.2. The molecule has 1 saturated carbocycles. The molecule has 268 valence electrons. The number of nitrogens with zero attached hydrogens (tertiary/aromatic N) is 2. The fourth-order valence-corrected chi connectivity index (χ4v) is 9.77. The summed E-state index contributed by atoms with van der Waals surface area (Å²) in [4.78, 5) is 9.62. The van der Waals surface area contributed by atoms with E-state index in [2.05, 4.69) is 51.1 Å². The standard InChI is InChI=1S/C44H66N2O2Si/c1-4-5-11-18-34(2)19-14-15-20-35(3)29-30-49-42-23-17-16-22-39(42)38-32-45-44(46-33-38)37-27-28-40-41(31-37)48-43(47-40)24-13-10-8-6-7-9-12-21-36-25-26-36/h16-17,22-23,27-28,31-36,43H,4-15,18-21,24-26,29-30,49H2,1-3H3. The number of hydrogen-bond donors (Lipinski definition) is 0. The molecule has 1 aliphatic carbocycles. The first kappa shape index (κ1) is 37.6. The lowest BCUT2D eigenvalue weighted by Crippen LogP contribution is -2.17. The maximum atomic E-state index is 6.20. The van der Waals surface area contributed by atoms with E-state index < -0.39 is 0 Å². The van der Waals surface area contributed by atoms with Gasteiger partial charge in [-0.2, -0.15) is 0 Å². The number of hydrogen-bond acceptors (Lipinski definition) is 4. The van der Waals surface area contributed by atoms with Gasteiger partial charge in [-0.1, -0.05) is 172 Å². The van der Waals surface area contributed by atoms with Gasteiger partial charge in [0.1, 0.15) is 0 Å². The molecule has 2 heterocycles. The molecule has 0 radical (unpaired) electrons. The van der Waals surface area contributed by atoms with Crippen LogP contribution in [0.25, 0.3) is 22.5 Å². The summed E-state index contributed by atoms with van der Waals surface area (Å²) in [5, 5.41) is 1.53. The Hall–Kier alpha value is -2.66. The van der Waals surface area contributed by atoms with Crippen molar-refractivity contribution in [2.75, 3.05) is 0 Å². The zero-order valence-corrected chi connectivity index (χ0v) is 32.7. The number of unbranched alkanes of at least 4 members (excludes halogenated alkanes) is 9. The van der Waals surface area contributed by atoms with Gasteiger partial charge in [-0.05, 0) is 47.9 Å². The molecule has 1 fully saturated rings. The Morgan fingerprint density at radius 1 is 0.673 bits per heavy atom. The molecule has 2 aliphatic rings. The van der Waals surface area contributed by atoms with Gasteiger partial charge in [-0.3, -0.25) is 0 Å². The van der Waals surface area contributed by atoms with E-state index in [4.69, 9.17) is 19.4 Å². The molecule has 0 bridgehead atoms. The Morgan fingerprint density at radius 3 is 2.02 bits per heavy atom. The van der Waals surface area contributed by atoms with Gasteiger partial charge >= 0.3 is 0 Å². The maximum Gasteiger partial charge on any atom is 0.241 e. The second kappa shape index (κ2) is 20.9. The molecule has 1 aromatic heterocycles. The highest BCUT2D eigenvalue weighted by Gasteiger charge is 2.24. The predicted octanol–water partition coefficient (Wildman–Crippen LogP) is 11.8. The molecule has 2 aromatic carbocycles. The van der Waals surface area contributed by atoms with Crippen LogP contribution in [0.4, 0.5) is 0 Å². The lowest BCUT2D eigenvalue weighted by atomic mass is 9.94. The lowest BCUT2D eigenvalue weighted by Gasteiger charge is -2.14. The molecule has 1 aliphatic heterocycles. The van der Waals surface area contributed by atoms with Crippen molar-refractivity contribution in [3.05, 3.63) is 54.9 Å². The van der Waals surface area contributed by atoms with Crippen LogP contribution >= 0.6 is 0 Å². The Bertz CT molecular complexity index is 1360. The monoisotopic (exact) mass is 682 g/mol. The first-order valence-electron chi connectivity index (χ1n) is 20.5. The van der Waals surface area contributed by atoms with Gasteiger partial charge in [0.05, 0.1) is 9.52 Å². The Morgan fingerprint density at radius 2 is 1.31 bits per heavy atom. The van der Waals surface area contributed by atoms with Crippen molar-refractivity contribution < 1.29 is 9.47 Å². The fraction of sp³-hybridized carbons (Fsp3) is 0.636. The summed E-state index contributed by atoms with van der Waals surface area (Å²) in [5.41, 5.74) is 3.40. The average Bonchev–Trinajstić information content (AvgIpc) is 3.86. The second-order valence-electron chi connectivity index (χ2n) is 15.7. The minimum atomic E-state index is -0.353. The zero-order valence-electron chi connectivity index (χ0n) is 31.3. The van der Waals surface area contributed by atoms with Crippen LogP contribution in [0.5, 0.6) is 11.5 Å². The highest BCUT2D eigenvalue weighted by molar-refractivity contribution is 6.55. The number of rotatable bonds is 25. The molecule has 5 heteroatoms. The molecule has 0 spiro atoms. The Balaban J connectivity index is 1.01. The van der Waals surface area contributed by atoms with E-state index in [1.807, 2.05) is 24.5 Å². The minimum Gasteiger partial charge on any atom is -0.451 e. The van der Waals surface area contributed by atoms with Crippen LogP contribution in [-0.4, -0.2) is 25.8 Å². The second-order valence-corrected chi connectivity index (χ2v) is 17.6. The summed E-state index contributed by atoms with van der Waals surface area (Å²) in [6.07, 6.45) is 31.1. The summed E-state index contributed by atoms with van der Waals surface area (Å²) >= 11 is 0. The quantitative estimate of drug-likeness (QED) is 0.0659. The molecule has 4 nitrogen and oxygen atoms in total. The SMILES string of the molecule is CCCCCC(C)CCCCC(C)CC[SiH2]c1ccccc1-c1cnc(-c2ccc3c(c2)OC(CCCCCCCCCC2CC2)O3)nc1. The van der Waals surface area contributed by atoms with Gasteiger partial charge in [0.15, 0.2) is 17.3 Å². The molecule has 5 rings (SSSR count). The van der Waals surface area contributed by atoms with Gasteiger partial charge in [0.25, 0.3) is 0 Å². The van der Waals surface area contributed by atoms with E-state index in [9.17, 15) is 0 Å². The van der Waals surface area contributed by atoms with Crippen LogP contribution in [0.2, 0.25) is 6.04 Å².